The Hall–Kier alpha value is -0.210. The van der Waals surface area contributed by atoms with Gasteiger partial charge in [-0.3, -0.25) is 0 Å². The molecule has 1 saturated carbocycles. The lowest BCUT2D eigenvalue weighted by molar-refractivity contribution is 0.974. The van der Waals surface area contributed by atoms with Gasteiger partial charge in [-0.25, -0.2) is 9.97 Å². The maximum Gasteiger partial charge on any atom is 0.171 e. The second-order valence-corrected chi connectivity index (χ2v) is 7.43. The van der Waals surface area contributed by atoms with Crippen LogP contribution in [-0.2, 0) is 0 Å². The second-order valence-electron chi connectivity index (χ2n) is 4.53. The summed E-state index contributed by atoms with van der Waals surface area (Å²) < 4.78 is 2.27. The first-order valence-corrected chi connectivity index (χ1v) is 9.00. The van der Waals surface area contributed by atoms with Crippen LogP contribution < -0.4 is 5.32 Å². The van der Waals surface area contributed by atoms with Gasteiger partial charge in [0.1, 0.15) is 5.82 Å². The number of rotatable bonds is 4. The van der Waals surface area contributed by atoms with E-state index in [9.17, 15) is 0 Å². The molecule has 1 N–H and O–H groups in total. The molecular weight excluding hydrogens is 437 g/mol. The number of aromatic nitrogens is 2. The van der Waals surface area contributed by atoms with E-state index >= 15 is 0 Å². The molecule has 6 heteroatoms. The summed E-state index contributed by atoms with van der Waals surface area (Å²) in [5, 5.41) is 5.42. The standard InChI is InChI=1S/C13H13BrIN3S/c1-2-16-13-10(15)11(7-3-4-7)17-12(18-13)9-5-8(14)6-19-9/h5-7H,2-4H2,1H3,(H,16,17,18). The Balaban J connectivity index is 2.08. The SMILES string of the molecule is CCNc1nc(-c2cc(Br)cs2)nc(C2CC2)c1I. The van der Waals surface area contributed by atoms with Crippen LogP contribution in [0.3, 0.4) is 0 Å². The quantitative estimate of drug-likeness (QED) is 0.676. The van der Waals surface area contributed by atoms with Crippen molar-refractivity contribution in [1.29, 1.82) is 0 Å². The molecule has 0 amide bonds. The van der Waals surface area contributed by atoms with Crippen molar-refractivity contribution in [3.8, 4) is 10.7 Å². The van der Waals surface area contributed by atoms with Crippen LogP contribution in [0.1, 0.15) is 31.4 Å². The predicted molar refractivity (Wildman–Crippen MR) is 91.9 cm³/mol. The molecule has 0 bridgehead atoms. The van der Waals surface area contributed by atoms with Gasteiger partial charge in [0.25, 0.3) is 0 Å². The molecule has 3 rings (SSSR count). The molecule has 1 aliphatic rings. The van der Waals surface area contributed by atoms with Crippen molar-refractivity contribution in [2.75, 3.05) is 11.9 Å². The molecule has 1 aliphatic carbocycles. The van der Waals surface area contributed by atoms with E-state index in [-0.39, 0.29) is 0 Å². The predicted octanol–water partition coefficient (Wildman–Crippen LogP) is 4.88. The number of nitrogens with one attached hydrogen (secondary N) is 1. The molecule has 0 atom stereocenters. The lowest BCUT2D eigenvalue weighted by Crippen LogP contribution is -2.07. The van der Waals surface area contributed by atoms with Crippen molar-refractivity contribution in [1.82, 2.24) is 9.97 Å². The first kappa shape index (κ1) is 13.8. The van der Waals surface area contributed by atoms with E-state index in [2.05, 4.69) is 67.2 Å². The summed E-state index contributed by atoms with van der Waals surface area (Å²) in [4.78, 5) is 10.6. The van der Waals surface area contributed by atoms with Crippen molar-refractivity contribution >= 4 is 55.7 Å². The highest BCUT2D eigenvalue weighted by Crippen LogP contribution is 2.43. The van der Waals surface area contributed by atoms with Crippen LogP contribution >= 0.6 is 49.9 Å². The van der Waals surface area contributed by atoms with E-state index in [0.717, 1.165) is 27.5 Å². The van der Waals surface area contributed by atoms with Crippen molar-refractivity contribution in [2.24, 2.45) is 0 Å². The van der Waals surface area contributed by atoms with Gasteiger partial charge in [-0.15, -0.1) is 11.3 Å². The highest BCUT2D eigenvalue weighted by molar-refractivity contribution is 14.1. The molecule has 1 fully saturated rings. The normalized spacial score (nSPS) is 14.7. The van der Waals surface area contributed by atoms with Crippen LogP contribution in [0, 0.1) is 3.57 Å². The van der Waals surface area contributed by atoms with Gasteiger partial charge in [0, 0.05) is 22.3 Å². The molecule has 0 saturated heterocycles. The number of hydrogen-bond acceptors (Lipinski definition) is 4. The molecule has 2 heterocycles. The molecule has 2 aromatic rings. The van der Waals surface area contributed by atoms with Gasteiger partial charge >= 0.3 is 0 Å². The molecule has 0 unspecified atom stereocenters. The van der Waals surface area contributed by atoms with E-state index in [1.807, 2.05) is 0 Å². The van der Waals surface area contributed by atoms with E-state index < -0.39 is 0 Å². The first-order valence-electron chi connectivity index (χ1n) is 6.24. The lowest BCUT2D eigenvalue weighted by Gasteiger charge is -2.11. The zero-order chi connectivity index (χ0) is 13.4. The fourth-order valence-corrected chi connectivity index (χ4v) is 4.15. The molecule has 3 nitrogen and oxygen atoms in total. The average Bonchev–Trinajstić information content (AvgIpc) is 3.14. The Morgan fingerprint density at radius 1 is 1.47 bits per heavy atom. The van der Waals surface area contributed by atoms with Crippen molar-refractivity contribution < 1.29 is 0 Å². The number of halogens is 2. The molecule has 0 spiro atoms. The summed E-state index contributed by atoms with van der Waals surface area (Å²) in [5.74, 6) is 2.45. The molecule has 100 valence electrons. The van der Waals surface area contributed by atoms with Gasteiger partial charge in [-0.05, 0) is 64.4 Å². The first-order chi connectivity index (χ1) is 9.19. The molecule has 0 aliphatic heterocycles. The van der Waals surface area contributed by atoms with Crippen LogP contribution in [0.2, 0.25) is 0 Å². The zero-order valence-corrected chi connectivity index (χ0v) is 15.0. The van der Waals surface area contributed by atoms with E-state index in [4.69, 9.17) is 4.98 Å². The Bertz CT molecular complexity index is 610. The minimum atomic E-state index is 0.634. The van der Waals surface area contributed by atoms with E-state index in [0.29, 0.717) is 5.92 Å². The number of hydrogen-bond donors (Lipinski definition) is 1. The van der Waals surface area contributed by atoms with Gasteiger partial charge < -0.3 is 5.32 Å². The minimum absolute atomic E-state index is 0.634. The molecule has 2 aromatic heterocycles. The third-order valence-electron chi connectivity index (χ3n) is 2.97. The number of nitrogens with zero attached hydrogens (tertiary/aromatic N) is 2. The topological polar surface area (TPSA) is 37.8 Å². The summed E-state index contributed by atoms with van der Waals surface area (Å²) in [6, 6.07) is 2.08. The van der Waals surface area contributed by atoms with Gasteiger partial charge in [0.15, 0.2) is 5.82 Å². The highest BCUT2D eigenvalue weighted by atomic mass is 127. The third kappa shape index (κ3) is 2.95. The van der Waals surface area contributed by atoms with Gasteiger partial charge in [0.05, 0.1) is 14.1 Å². The summed E-state index contributed by atoms with van der Waals surface area (Å²) in [5.41, 5.74) is 1.21. The van der Waals surface area contributed by atoms with Crippen LogP contribution in [0.25, 0.3) is 10.7 Å². The average molecular weight is 450 g/mol. The van der Waals surface area contributed by atoms with Crippen LogP contribution in [0.5, 0.6) is 0 Å². The Kier molecular flexibility index (Phi) is 4.09. The Morgan fingerprint density at radius 3 is 2.84 bits per heavy atom. The van der Waals surface area contributed by atoms with Crippen LogP contribution in [0.15, 0.2) is 15.9 Å². The maximum atomic E-state index is 4.79. The third-order valence-corrected chi connectivity index (χ3v) is 5.72. The fraction of sp³-hybridized carbons (Fsp3) is 0.385. The summed E-state index contributed by atoms with van der Waals surface area (Å²) >= 11 is 7.53. The Morgan fingerprint density at radius 2 is 2.26 bits per heavy atom. The monoisotopic (exact) mass is 449 g/mol. The maximum absolute atomic E-state index is 4.79. The van der Waals surface area contributed by atoms with Crippen LogP contribution in [-0.4, -0.2) is 16.5 Å². The van der Waals surface area contributed by atoms with Crippen molar-refractivity contribution in [3.05, 3.63) is 25.2 Å². The van der Waals surface area contributed by atoms with Crippen molar-refractivity contribution in [3.63, 3.8) is 0 Å². The largest absolute Gasteiger partial charge is 0.369 e. The van der Waals surface area contributed by atoms with Gasteiger partial charge in [-0.2, -0.15) is 0 Å². The smallest absolute Gasteiger partial charge is 0.171 e. The number of anilines is 1. The molecule has 19 heavy (non-hydrogen) atoms. The summed E-state index contributed by atoms with van der Waals surface area (Å²) in [6.07, 6.45) is 2.51. The van der Waals surface area contributed by atoms with Gasteiger partial charge in [0.2, 0.25) is 0 Å². The number of thiophene rings is 1. The molecule has 0 radical (unpaired) electrons. The van der Waals surface area contributed by atoms with E-state index in [1.54, 1.807) is 11.3 Å². The lowest BCUT2D eigenvalue weighted by atomic mass is 10.2. The Labute approximate surface area is 138 Å². The zero-order valence-electron chi connectivity index (χ0n) is 10.4. The molecular formula is C13H13BrIN3S. The van der Waals surface area contributed by atoms with Gasteiger partial charge in [-0.1, -0.05) is 0 Å². The van der Waals surface area contributed by atoms with E-state index in [1.165, 1.54) is 22.1 Å². The van der Waals surface area contributed by atoms with Crippen LogP contribution in [0.4, 0.5) is 5.82 Å². The fourth-order valence-electron chi connectivity index (χ4n) is 1.92. The minimum Gasteiger partial charge on any atom is -0.369 e. The summed E-state index contributed by atoms with van der Waals surface area (Å²) in [6.45, 7) is 2.97. The molecule has 0 aromatic carbocycles. The van der Waals surface area contributed by atoms with Crippen molar-refractivity contribution in [2.45, 2.75) is 25.7 Å². The summed E-state index contributed by atoms with van der Waals surface area (Å²) in [7, 11) is 0. The second kappa shape index (κ2) is 5.65. The highest BCUT2D eigenvalue weighted by Gasteiger charge is 2.29.